The van der Waals surface area contributed by atoms with E-state index in [1.54, 1.807) is 6.08 Å². The van der Waals surface area contributed by atoms with Gasteiger partial charge in [0.2, 0.25) is 6.43 Å². The summed E-state index contributed by atoms with van der Waals surface area (Å²) in [4.78, 5) is 11.4. The summed E-state index contributed by atoms with van der Waals surface area (Å²) in [5.74, 6) is -1.17. The molecule has 2 unspecified atom stereocenters. The summed E-state index contributed by atoms with van der Waals surface area (Å²) < 4.78 is 27.2. The monoisotopic (exact) mass is 269 g/mol. The Labute approximate surface area is 110 Å². The third-order valence-corrected chi connectivity index (χ3v) is 3.81. The van der Waals surface area contributed by atoms with Crippen molar-refractivity contribution in [2.45, 2.75) is 39.2 Å². The number of carboxylic acid groups (broad SMARTS) is 1. The lowest BCUT2D eigenvalue weighted by Crippen LogP contribution is -2.30. The van der Waals surface area contributed by atoms with Gasteiger partial charge in [-0.05, 0) is 32.4 Å². The smallest absolute Gasteiger partial charge is 0.313 e. The SMILES string of the molecule is Cc1ccc(C)n1C1C=CC(CC(F)F)(C(=O)O)C1. The molecule has 1 aromatic rings. The molecule has 0 saturated heterocycles. The summed E-state index contributed by atoms with van der Waals surface area (Å²) >= 11 is 0. The fourth-order valence-electron chi connectivity index (χ4n) is 2.86. The fourth-order valence-corrected chi connectivity index (χ4v) is 2.86. The molecular formula is C14H17F2NO2. The van der Waals surface area contributed by atoms with Crippen LogP contribution in [-0.2, 0) is 4.79 Å². The number of hydrogen-bond acceptors (Lipinski definition) is 1. The van der Waals surface area contributed by atoms with Crippen LogP contribution in [0, 0.1) is 19.3 Å². The maximum Gasteiger partial charge on any atom is 0.313 e. The third-order valence-electron chi connectivity index (χ3n) is 3.81. The molecule has 3 nitrogen and oxygen atoms in total. The first-order valence-corrected chi connectivity index (χ1v) is 6.21. The zero-order chi connectivity index (χ0) is 14.2. The van der Waals surface area contributed by atoms with Gasteiger partial charge in [-0.25, -0.2) is 8.78 Å². The van der Waals surface area contributed by atoms with Gasteiger partial charge in [-0.3, -0.25) is 4.79 Å². The molecule has 0 aliphatic heterocycles. The van der Waals surface area contributed by atoms with Crippen LogP contribution in [-0.4, -0.2) is 22.1 Å². The Kier molecular flexibility index (Phi) is 3.47. The lowest BCUT2D eigenvalue weighted by Gasteiger charge is -2.25. The van der Waals surface area contributed by atoms with Gasteiger partial charge in [-0.15, -0.1) is 0 Å². The van der Waals surface area contributed by atoms with Crippen LogP contribution in [0.1, 0.15) is 30.3 Å². The number of hydrogen-bond donors (Lipinski definition) is 1. The highest BCUT2D eigenvalue weighted by molar-refractivity contribution is 5.78. The molecule has 104 valence electrons. The Morgan fingerprint density at radius 2 is 2.05 bits per heavy atom. The first-order valence-electron chi connectivity index (χ1n) is 6.21. The predicted molar refractivity (Wildman–Crippen MR) is 67.4 cm³/mol. The van der Waals surface area contributed by atoms with Gasteiger partial charge in [0.15, 0.2) is 0 Å². The number of aliphatic carboxylic acids is 1. The largest absolute Gasteiger partial charge is 0.481 e. The molecule has 1 aliphatic rings. The van der Waals surface area contributed by atoms with Gasteiger partial charge in [-0.2, -0.15) is 0 Å². The number of aryl methyl sites for hydroxylation is 2. The molecule has 1 aliphatic carbocycles. The van der Waals surface area contributed by atoms with E-state index in [1.165, 1.54) is 6.08 Å². The second-order valence-electron chi connectivity index (χ2n) is 5.17. The number of halogens is 2. The summed E-state index contributed by atoms with van der Waals surface area (Å²) in [5.41, 5.74) is 0.567. The van der Waals surface area contributed by atoms with Crippen LogP contribution >= 0.6 is 0 Å². The summed E-state index contributed by atoms with van der Waals surface area (Å²) in [6, 6.07) is 3.72. The van der Waals surface area contributed by atoms with Gasteiger partial charge in [0, 0.05) is 17.8 Å². The van der Waals surface area contributed by atoms with Gasteiger partial charge in [-0.1, -0.05) is 12.2 Å². The average molecular weight is 269 g/mol. The molecule has 2 rings (SSSR count). The molecule has 2 atom stereocenters. The van der Waals surface area contributed by atoms with Crippen molar-refractivity contribution in [2.75, 3.05) is 0 Å². The summed E-state index contributed by atoms with van der Waals surface area (Å²) in [5, 5.41) is 9.27. The molecular weight excluding hydrogens is 252 g/mol. The maximum atomic E-state index is 12.6. The van der Waals surface area contributed by atoms with E-state index in [4.69, 9.17) is 0 Å². The van der Waals surface area contributed by atoms with E-state index < -0.39 is 24.2 Å². The summed E-state index contributed by atoms with van der Waals surface area (Å²) in [7, 11) is 0. The Morgan fingerprint density at radius 3 is 2.53 bits per heavy atom. The van der Waals surface area contributed by atoms with Crippen molar-refractivity contribution in [3.05, 3.63) is 35.7 Å². The van der Waals surface area contributed by atoms with Gasteiger partial charge in [0.1, 0.15) is 0 Å². The number of alkyl halides is 2. The Balaban J connectivity index is 2.28. The van der Waals surface area contributed by atoms with Crippen LogP contribution in [0.15, 0.2) is 24.3 Å². The van der Waals surface area contributed by atoms with E-state index in [9.17, 15) is 18.7 Å². The van der Waals surface area contributed by atoms with Crippen molar-refractivity contribution < 1.29 is 18.7 Å². The van der Waals surface area contributed by atoms with Crippen molar-refractivity contribution in [1.29, 1.82) is 0 Å². The molecule has 0 amide bonds. The van der Waals surface area contributed by atoms with E-state index in [0.29, 0.717) is 0 Å². The number of aromatic nitrogens is 1. The molecule has 1 N–H and O–H groups in total. The fraction of sp³-hybridized carbons (Fsp3) is 0.500. The molecule has 0 saturated carbocycles. The number of nitrogens with zero attached hydrogens (tertiary/aromatic N) is 1. The molecule has 0 aromatic carbocycles. The van der Waals surface area contributed by atoms with Crippen LogP contribution in [0.3, 0.4) is 0 Å². The number of carbonyl (C=O) groups is 1. The third kappa shape index (κ3) is 2.41. The Hall–Kier alpha value is -1.65. The van der Waals surface area contributed by atoms with Crippen molar-refractivity contribution in [2.24, 2.45) is 5.41 Å². The zero-order valence-electron chi connectivity index (χ0n) is 10.9. The van der Waals surface area contributed by atoms with Crippen LogP contribution in [0.2, 0.25) is 0 Å². The minimum Gasteiger partial charge on any atom is -0.481 e. The van der Waals surface area contributed by atoms with Crippen LogP contribution in [0.25, 0.3) is 0 Å². The van der Waals surface area contributed by atoms with Crippen LogP contribution in [0.5, 0.6) is 0 Å². The quantitative estimate of drug-likeness (QED) is 0.852. The van der Waals surface area contributed by atoms with E-state index in [-0.39, 0.29) is 12.5 Å². The van der Waals surface area contributed by atoms with Gasteiger partial charge in [0.25, 0.3) is 0 Å². The van der Waals surface area contributed by atoms with Gasteiger partial charge in [0.05, 0.1) is 11.5 Å². The lowest BCUT2D eigenvalue weighted by atomic mass is 9.83. The highest BCUT2D eigenvalue weighted by Crippen LogP contribution is 2.43. The molecule has 0 fully saturated rings. The van der Waals surface area contributed by atoms with Crippen molar-refractivity contribution in [3.8, 4) is 0 Å². The maximum absolute atomic E-state index is 12.6. The van der Waals surface area contributed by atoms with Crippen LogP contribution < -0.4 is 0 Å². The zero-order valence-corrected chi connectivity index (χ0v) is 10.9. The Morgan fingerprint density at radius 1 is 1.47 bits per heavy atom. The topological polar surface area (TPSA) is 42.2 Å². The molecule has 0 bridgehead atoms. The summed E-state index contributed by atoms with van der Waals surface area (Å²) in [6.07, 6.45) is 0.102. The standard InChI is InChI=1S/C14H17F2NO2/c1-9-3-4-10(2)17(9)11-5-6-14(7-11,13(18)19)8-12(15)16/h3-6,11-12H,7-8H2,1-2H3,(H,18,19). The minimum atomic E-state index is -2.62. The van der Waals surface area contributed by atoms with E-state index in [1.807, 2.05) is 30.5 Å². The highest BCUT2D eigenvalue weighted by atomic mass is 19.3. The van der Waals surface area contributed by atoms with Gasteiger partial charge < -0.3 is 9.67 Å². The first kappa shape index (κ1) is 13.8. The number of carboxylic acids is 1. The molecule has 1 aromatic heterocycles. The lowest BCUT2D eigenvalue weighted by molar-refractivity contribution is -0.148. The average Bonchev–Trinajstić information content (AvgIpc) is 2.84. The highest BCUT2D eigenvalue weighted by Gasteiger charge is 2.44. The van der Waals surface area contributed by atoms with Gasteiger partial charge >= 0.3 is 5.97 Å². The molecule has 19 heavy (non-hydrogen) atoms. The number of allylic oxidation sites excluding steroid dienone is 1. The van der Waals surface area contributed by atoms with E-state index in [2.05, 4.69) is 0 Å². The van der Waals surface area contributed by atoms with Crippen molar-refractivity contribution >= 4 is 5.97 Å². The normalized spacial score (nSPS) is 26.3. The summed E-state index contributed by atoms with van der Waals surface area (Å²) in [6.45, 7) is 3.85. The predicted octanol–water partition coefficient (Wildman–Crippen LogP) is 3.33. The van der Waals surface area contributed by atoms with Crippen molar-refractivity contribution in [1.82, 2.24) is 4.57 Å². The molecule has 1 heterocycles. The molecule has 5 heteroatoms. The van der Waals surface area contributed by atoms with Crippen molar-refractivity contribution in [3.63, 3.8) is 0 Å². The number of rotatable bonds is 4. The first-order chi connectivity index (χ1) is 8.85. The van der Waals surface area contributed by atoms with E-state index in [0.717, 1.165) is 11.4 Å². The minimum absolute atomic E-state index is 0.162. The van der Waals surface area contributed by atoms with Crippen LogP contribution in [0.4, 0.5) is 8.78 Å². The van der Waals surface area contributed by atoms with E-state index >= 15 is 0 Å². The second-order valence-corrected chi connectivity index (χ2v) is 5.17. The Bertz CT molecular complexity index is 502. The molecule has 0 spiro atoms. The molecule has 0 radical (unpaired) electrons. The second kappa shape index (κ2) is 4.79.